The highest BCUT2D eigenvalue weighted by Gasteiger charge is 2.19. The van der Waals surface area contributed by atoms with Crippen LogP contribution in [-0.2, 0) is 0 Å². The molecule has 6 nitrogen and oxygen atoms in total. The average Bonchev–Trinajstić information content (AvgIpc) is 2.82. The first kappa shape index (κ1) is 11.2. The molecule has 1 aliphatic heterocycles. The van der Waals surface area contributed by atoms with E-state index < -0.39 is 0 Å². The van der Waals surface area contributed by atoms with Crippen LogP contribution in [0.1, 0.15) is 16.9 Å². The Bertz CT molecular complexity index is 363. The number of hydrogen-bond donors (Lipinski definition) is 3. The third-order valence-corrected chi connectivity index (χ3v) is 3.46. The number of anilines is 1. The van der Waals surface area contributed by atoms with Crippen LogP contribution in [0.2, 0.25) is 0 Å². The van der Waals surface area contributed by atoms with Crippen molar-refractivity contribution in [1.29, 1.82) is 0 Å². The van der Waals surface area contributed by atoms with Crippen LogP contribution in [0.15, 0.2) is 12.4 Å². The fourth-order valence-corrected chi connectivity index (χ4v) is 2.58. The van der Waals surface area contributed by atoms with Gasteiger partial charge < -0.3 is 10.7 Å². The largest absolute Gasteiger partial charge is 0.347 e. The van der Waals surface area contributed by atoms with Gasteiger partial charge in [0.15, 0.2) is 5.82 Å². The van der Waals surface area contributed by atoms with E-state index in [1.54, 1.807) is 0 Å². The third kappa shape index (κ3) is 2.61. The second-order valence-electron chi connectivity index (χ2n) is 3.47. The maximum absolute atomic E-state index is 11.7. The summed E-state index contributed by atoms with van der Waals surface area (Å²) in [6.45, 7) is 0. The Balaban J connectivity index is 1.97. The summed E-state index contributed by atoms with van der Waals surface area (Å²) in [5, 5.41) is 2.92. The lowest BCUT2D eigenvalue weighted by atomic mass is 10.2. The number of nitrogen functional groups attached to an aromatic ring is 1. The molecule has 0 saturated carbocycles. The van der Waals surface area contributed by atoms with Gasteiger partial charge in [-0.3, -0.25) is 4.79 Å². The molecule has 0 aliphatic carbocycles. The minimum absolute atomic E-state index is 0.177. The number of carbonyl (C=O) groups is 1. The number of nitrogens with two attached hydrogens (primary N) is 1. The van der Waals surface area contributed by atoms with E-state index in [4.69, 9.17) is 5.84 Å². The number of hydrazine groups is 1. The summed E-state index contributed by atoms with van der Waals surface area (Å²) in [4.78, 5) is 19.6. The van der Waals surface area contributed by atoms with E-state index in [9.17, 15) is 4.79 Å². The third-order valence-electron chi connectivity index (χ3n) is 2.30. The number of rotatable bonds is 3. The zero-order valence-corrected chi connectivity index (χ0v) is 9.46. The van der Waals surface area contributed by atoms with Gasteiger partial charge in [0.05, 0.1) is 12.4 Å². The normalized spacial score (nSPS) is 19.4. The van der Waals surface area contributed by atoms with E-state index in [0.29, 0.717) is 11.5 Å². The van der Waals surface area contributed by atoms with Gasteiger partial charge in [-0.05, 0) is 12.2 Å². The molecule has 1 amide bonds. The summed E-state index contributed by atoms with van der Waals surface area (Å²) in [6.07, 6.45) is 3.86. The number of hydrogen-bond acceptors (Lipinski definition) is 6. The predicted octanol–water partition coefficient (Wildman–Crippen LogP) is -0.00250. The molecule has 4 N–H and O–H groups in total. The maximum atomic E-state index is 11.7. The number of nitrogens with zero attached hydrogens (tertiary/aromatic N) is 2. The molecule has 1 atom stereocenters. The van der Waals surface area contributed by atoms with Crippen molar-refractivity contribution in [2.45, 2.75) is 12.5 Å². The fraction of sp³-hybridized carbons (Fsp3) is 0.444. The fourth-order valence-electron chi connectivity index (χ4n) is 1.43. The van der Waals surface area contributed by atoms with E-state index in [-0.39, 0.29) is 11.9 Å². The highest BCUT2D eigenvalue weighted by molar-refractivity contribution is 7.99. The summed E-state index contributed by atoms with van der Waals surface area (Å²) < 4.78 is 0. The van der Waals surface area contributed by atoms with Crippen LogP contribution in [0.3, 0.4) is 0 Å². The molecule has 1 unspecified atom stereocenters. The lowest BCUT2D eigenvalue weighted by Gasteiger charge is -2.10. The first-order valence-corrected chi connectivity index (χ1v) is 6.12. The number of thioether (sulfide) groups is 1. The van der Waals surface area contributed by atoms with Gasteiger partial charge in [0, 0.05) is 11.8 Å². The van der Waals surface area contributed by atoms with Crippen molar-refractivity contribution in [2.75, 3.05) is 16.9 Å². The van der Waals surface area contributed by atoms with E-state index in [1.807, 2.05) is 11.8 Å². The summed E-state index contributed by atoms with van der Waals surface area (Å²) >= 11 is 1.85. The Morgan fingerprint density at radius 2 is 2.38 bits per heavy atom. The second-order valence-corrected chi connectivity index (χ2v) is 4.62. The van der Waals surface area contributed by atoms with Crippen LogP contribution in [-0.4, -0.2) is 33.4 Å². The van der Waals surface area contributed by atoms with Crippen LogP contribution in [0.25, 0.3) is 0 Å². The quantitative estimate of drug-likeness (QED) is 0.508. The van der Waals surface area contributed by atoms with E-state index in [1.165, 1.54) is 12.4 Å². The molecule has 16 heavy (non-hydrogen) atoms. The summed E-state index contributed by atoms with van der Waals surface area (Å²) in [6, 6.07) is 0.256. The standard InChI is InChI=1S/C9H13N5OS/c10-14-8-4-11-7(3-12-8)9(15)13-6-1-2-16-5-6/h3-4,6H,1-2,5,10H2,(H,12,14)(H,13,15). The predicted molar refractivity (Wildman–Crippen MR) is 63.0 cm³/mol. The van der Waals surface area contributed by atoms with Crippen molar-refractivity contribution in [2.24, 2.45) is 5.84 Å². The summed E-state index contributed by atoms with van der Waals surface area (Å²) in [5.74, 6) is 7.49. The molecule has 1 aromatic heterocycles. The van der Waals surface area contributed by atoms with Gasteiger partial charge in [-0.2, -0.15) is 11.8 Å². The Kier molecular flexibility index (Phi) is 3.58. The van der Waals surface area contributed by atoms with Crippen molar-refractivity contribution in [3.8, 4) is 0 Å². The molecule has 0 spiro atoms. The monoisotopic (exact) mass is 239 g/mol. The summed E-state index contributed by atoms with van der Waals surface area (Å²) in [5.41, 5.74) is 2.67. The smallest absolute Gasteiger partial charge is 0.271 e. The van der Waals surface area contributed by atoms with Crippen LogP contribution in [0, 0.1) is 0 Å². The molecule has 2 rings (SSSR count). The van der Waals surface area contributed by atoms with Gasteiger partial charge in [0.25, 0.3) is 5.91 Å². The molecule has 1 saturated heterocycles. The molecule has 86 valence electrons. The molecule has 7 heteroatoms. The van der Waals surface area contributed by atoms with E-state index >= 15 is 0 Å². The van der Waals surface area contributed by atoms with Crippen molar-refractivity contribution >= 4 is 23.5 Å². The van der Waals surface area contributed by atoms with Crippen molar-refractivity contribution in [1.82, 2.24) is 15.3 Å². The molecule has 1 fully saturated rings. The molecule has 0 bridgehead atoms. The molecule has 0 radical (unpaired) electrons. The lowest BCUT2D eigenvalue weighted by Crippen LogP contribution is -2.35. The van der Waals surface area contributed by atoms with Gasteiger partial charge in [-0.1, -0.05) is 0 Å². The average molecular weight is 239 g/mol. The van der Waals surface area contributed by atoms with Gasteiger partial charge in [-0.15, -0.1) is 0 Å². The van der Waals surface area contributed by atoms with Crippen LogP contribution < -0.4 is 16.6 Å². The Morgan fingerprint density at radius 3 is 2.94 bits per heavy atom. The Hall–Kier alpha value is -1.34. The minimum atomic E-state index is -0.177. The molecular formula is C9H13N5OS. The SMILES string of the molecule is NNc1cnc(C(=O)NC2CCSC2)cn1. The first-order valence-electron chi connectivity index (χ1n) is 4.97. The van der Waals surface area contributed by atoms with E-state index in [2.05, 4.69) is 20.7 Å². The Labute approximate surface area is 97.4 Å². The number of amides is 1. The van der Waals surface area contributed by atoms with Crippen LogP contribution in [0.5, 0.6) is 0 Å². The maximum Gasteiger partial charge on any atom is 0.271 e. The van der Waals surface area contributed by atoms with Crippen LogP contribution in [0.4, 0.5) is 5.82 Å². The number of carbonyl (C=O) groups excluding carboxylic acids is 1. The van der Waals surface area contributed by atoms with Gasteiger partial charge in [0.2, 0.25) is 0 Å². The van der Waals surface area contributed by atoms with Gasteiger partial charge >= 0.3 is 0 Å². The molecule has 0 aromatic carbocycles. The number of nitrogens with one attached hydrogen (secondary N) is 2. The topological polar surface area (TPSA) is 92.9 Å². The van der Waals surface area contributed by atoms with Crippen molar-refractivity contribution in [3.05, 3.63) is 18.1 Å². The minimum Gasteiger partial charge on any atom is -0.347 e. The second kappa shape index (κ2) is 5.13. The van der Waals surface area contributed by atoms with Gasteiger partial charge in [0.1, 0.15) is 5.69 Å². The molecule has 1 aliphatic rings. The zero-order valence-electron chi connectivity index (χ0n) is 8.64. The summed E-state index contributed by atoms with van der Waals surface area (Å²) in [7, 11) is 0. The molecular weight excluding hydrogens is 226 g/mol. The van der Waals surface area contributed by atoms with Crippen LogP contribution >= 0.6 is 11.8 Å². The molecule has 1 aromatic rings. The highest BCUT2D eigenvalue weighted by atomic mass is 32.2. The van der Waals surface area contributed by atoms with Gasteiger partial charge in [-0.25, -0.2) is 15.8 Å². The van der Waals surface area contributed by atoms with Crippen molar-refractivity contribution in [3.63, 3.8) is 0 Å². The Morgan fingerprint density at radius 1 is 1.50 bits per heavy atom. The highest BCUT2D eigenvalue weighted by Crippen LogP contribution is 2.17. The zero-order chi connectivity index (χ0) is 11.4. The first-order chi connectivity index (χ1) is 7.79. The van der Waals surface area contributed by atoms with E-state index in [0.717, 1.165) is 17.9 Å². The molecule has 2 heterocycles. The van der Waals surface area contributed by atoms with Crippen molar-refractivity contribution < 1.29 is 4.79 Å². The number of aromatic nitrogens is 2. The lowest BCUT2D eigenvalue weighted by molar-refractivity contribution is 0.0936.